The van der Waals surface area contributed by atoms with Gasteiger partial charge in [-0.05, 0) is 13.0 Å². The predicted molar refractivity (Wildman–Crippen MR) is 84.4 cm³/mol. The lowest BCUT2D eigenvalue weighted by molar-refractivity contribution is -0.149. The van der Waals surface area contributed by atoms with E-state index in [2.05, 4.69) is 15.4 Å². The molecule has 9 nitrogen and oxygen atoms in total. The Kier molecular flexibility index (Phi) is 5.02. The maximum Gasteiger partial charge on any atom is 0.314 e. The van der Waals surface area contributed by atoms with E-state index in [4.69, 9.17) is 9.47 Å². The molecule has 24 heavy (non-hydrogen) atoms. The van der Waals surface area contributed by atoms with E-state index in [1.165, 1.54) is 15.6 Å². The number of carbonyl (C=O) groups excluding carboxylic acids is 2. The second kappa shape index (κ2) is 7.37. The first-order valence-corrected chi connectivity index (χ1v) is 7.77. The third kappa shape index (κ3) is 3.52. The van der Waals surface area contributed by atoms with Crippen molar-refractivity contribution in [1.82, 2.24) is 19.5 Å². The Bertz CT molecular complexity index is 731. The van der Waals surface area contributed by atoms with Crippen molar-refractivity contribution in [3.05, 3.63) is 24.7 Å². The van der Waals surface area contributed by atoms with Crippen LogP contribution in [0.4, 0.5) is 5.69 Å². The first-order valence-electron chi connectivity index (χ1n) is 7.77. The molecule has 2 aromatic rings. The van der Waals surface area contributed by atoms with Crippen LogP contribution in [0.5, 0.6) is 0 Å². The summed E-state index contributed by atoms with van der Waals surface area (Å²) >= 11 is 0. The minimum Gasteiger partial charge on any atom is -0.379 e. The first-order chi connectivity index (χ1) is 11.7. The van der Waals surface area contributed by atoms with Crippen LogP contribution in [0.3, 0.4) is 0 Å². The third-order valence-corrected chi connectivity index (χ3v) is 3.66. The molecule has 3 rings (SSSR count). The summed E-state index contributed by atoms with van der Waals surface area (Å²) in [6.45, 7) is 3.97. The highest BCUT2D eigenvalue weighted by Crippen LogP contribution is 2.14. The molecule has 2 amide bonds. The van der Waals surface area contributed by atoms with Crippen LogP contribution >= 0.6 is 0 Å². The van der Waals surface area contributed by atoms with Crippen molar-refractivity contribution >= 4 is 23.1 Å². The van der Waals surface area contributed by atoms with Gasteiger partial charge in [-0.25, -0.2) is 9.50 Å². The lowest BCUT2D eigenvalue weighted by Crippen LogP contribution is -2.50. The van der Waals surface area contributed by atoms with Crippen molar-refractivity contribution in [2.24, 2.45) is 0 Å². The van der Waals surface area contributed by atoms with Crippen LogP contribution in [0.1, 0.15) is 6.92 Å². The van der Waals surface area contributed by atoms with Crippen molar-refractivity contribution in [3.8, 4) is 0 Å². The molecule has 1 aliphatic rings. The molecule has 0 aliphatic carbocycles. The highest BCUT2D eigenvalue weighted by molar-refractivity contribution is 6.39. The van der Waals surface area contributed by atoms with Gasteiger partial charge in [0.05, 0.1) is 25.5 Å². The molecule has 1 atom stereocenters. The molecule has 0 bridgehead atoms. The Morgan fingerprint density at radius 3 is 3.21 bits per heavy atom. The van der Waals surface area contributed by atoms with Crippen LogP contribution in [0.25, 0.3) is 5.65 Å². The van der Waals surface area contributed by atoms with Crippen LogP contribution in [0.15, 0.2) is 24.7 Å². The number of nitrogens with one attached hydrogen (secondary N) is 1. The largest absolute Gasteiger partial charge is 0.379 e. The first kappa shape index (κ1) is 16.3. The summed E-state index contributed by atoms with van der Waals surface area (Å²) in [6.07, 6.45) is 4.55. The molecule has 1 aliphatic heterocycles. The molecule has 0 radical (unpaired) electrons. The van der Waals surface area contributed by atoms with Gasteiger partial charge in [-0.15, -0.1) is 0 Å². The minimum absolute atomic E-state index is 0.214. The lowest BCUT2D eigenvalue weighted by Gasteiger charge is -2.32. The maximum absolute atomic E-state index is 12.3. The van der Waals surface area contributed by atoms with Gasteiger partial charge in [0.2, 0.25) is 0 Å². The zero-order valence-corrected chi connectivity index (χ0v) is 13.3. The van der Waals surface area contributed by atoms with E-state index >= 15 is 0 Å². The van der Waals surface area contributed by atoms with Crippen molar-refractivity contribution in [2.75, 3.05) is 38.2 Å². The van der Waals surface area contributed by atoms with Gasteiger partial charge < -0.3 is 19.7 Å². The molecule has 1 N–H and O–H groups in total. The number of fused-ring (bicyclic) bond motifs is 1. The van der Waals surface area contributed by atoms with Gasteiger partial charge in [-0.2, -0.15) is 5.10 Å². The molecular formula is C15H19N5O4. The smallest absolute Gasteiger partial charge is 0.314 e. The predicted octanol–water partition coefficient (Wildman–Crippen LogP) is -0.0683. The number of amides is 2. The van der Waals surface area contributed by atoms with E-state index in [0.29, 0.717) is 44.2 Å². The third-order valence-electron chi connectivity index (χ3n) is 3.66. The van der Waals surface area contributed by atoms with Crippen LogP contribution in [-0.2, 0) is 19.1 Å². The fourth-order valence-corrected chi connectivity index (χ4v) is 2.49. The molecule has 2 aromatic heterocycles. The molecule has 1 unspecified atom stereocenters. The van der Waals surface area contributed by atoms with E-state index in [-0.39, 0.29) is 6.10 Å². The summed E-state index contributed by atoms with van der Waals surface area (Å²) in [7, 11) is 0. The molecular weight excluding hydrogens is 314 g/mol. The Morgan fingerprint density at radius 1 is 1.50 bits per heavy atom. The number of aromatic nitrogens is 3. The summed E-state index contributed by atoms with van der Waals surface area (Å²) in [5, 5.41) is 6.64. The Balaban J connectivity index is 1.63. The van der Waals surface area contributed by atoms with E-state index < -0.39 is 11.8 Å². The van der Waals surface area contributed by atoms with Crippen LogP contribution in [0, 0.1) is 0 Å². The zero-order chi connectivity index (χ0) is 16.9. The van der Waals surface area contributed by atoms with Crippen molar-refractivity contribution < 1.29 is 19.1 Å². The SMILES string of the molecule is CCOCC1CN(C(=O)C(=O)Nc2cnn3cccnc23)CCO1. The van der Waals surface area contributed by atoms with Gasteiger partial charge in [-0.3, -0.25) is 9.59 Å². The number of ether oxygens (including phenoxy) is 2. The highest BCUT2D eigenvalue weighted by atomic mass is 16.5. The van der Waals surface area contributed by atoms with Gasteiger partial charge in [-0.1, -0.05) is 0 Å². The molecule has 0 aromatic carbocycles. The van der Waals surface area contributed by atoms with Gasteiger partial charge in [0.15, 0.2) is 5.65 Å². The molecule has 9 heteroatoms. The van der Waals surface area contributed by atoms with Crippen LogP contribution in [0.2, 0.25) is 0 Å². The fourth-order valence-electron chi connectivity index (χ4n) is 2.49. The number of anilines is 1. The Hall–Kier alpha value is -2.52. The molecule has 1 saturated heterocycles. The zero-order valence-electron chi connectivity index (χ0n) is 13.3. The summed E-state index contributed by atoms with van der Waals surface area (Å²) in [6, 6.07) is 1.73. The van der Waals surface area contributed by atoms with Crippen molar-refractivity contribution in [1.29, 1.82) is 0 Å². The quantitative estimate of drug-likeness (QED) is 0.787. The Labute approximate surface area is 138 Å². The summed E-state index contributed by atoms with van der Waals surface area (Å²) in [4.78, 5) is 30.2. The monoisotopic (exact) mass is 333 g/mol. The molecule has 128 valence electrons. The number of morpholine rings is 1. The van der Waals surface area contributed by atoms with E-state index in [1.54, 1.807) is 18.5 Å². The lowest BCUT2D eigenvalue weighted by atomic mass is 10.2. The molecule has 1 fully saturated rings. The number of rotatable bonds is 4. The highest BCUT2D eigenvalue weighted by Gasteiger charge is 2.29. The van der Waals surface area contributed by atoms with Crippen molar-refractivity contribution in [2.45, 2.75) is 13.0 Å². The second-order valence-electron chi connectivity index (χ2n) is 5.30. The van der Waals surface area contributed by atoms with E-state index in [0.717, 1.165) is 0 Å². The number of nitrogens with zero attached hydrogens (tertiary/aromatic N) is 4. The molecule has 0 spiro atoms. The van der Waals surface area contributed by atoms with Gasteiger partial charge >= 0.3 is 11.8 Å². The number of carbonyl (C=O) groups is 2. The number of hydrogen-bond acceptors (Lipinski definition) is 6. The molecule has 0 saturated carbocycles. The normalized spacial score (nSPS) is 17.9. The topological polar surface area (TPSA) is 98.1 Å². The Morgan fingerprint density at radius 2 is 2.38 bits per heavy atom. The molecule has 3 heterocycles. The maximum atomic E-state index is 12.3. The average molecular weight is 333 g/mol. The summed E-state index contributed by atoms with van der Waals surface area (Å²) in [5.41, 5.74) is 0.878. The summed E-state index contributed by atoms with van der Waals surface area (Å²) in [5.74, 6) is -1.32. The van der Waals surface area contributed by atoms with E-state index in [1.807, 2.05) is 6.92 Å². The minimum atomic E-state index is -0.715. The van der Waals surface area contributed by atoms with Gasteiger partial charge in [0, 0.05) is 32.1 Å². The van der Waals surface area contributed by atoms with E-state index in [9.17, 15) is 9.59 Å². The number of hydrogen-bond donors (Lipinski definition) is 1. The van der Waals surface area contributed by atoms with Gasteiger partial charge in [0.1, 0.15) is 5.69 Å². The fraction of sp³-hybridized carbons (Fsp3) is 0.467. The van der Waals surface area contributed by atoms with Crippen molar-refractivity contribution in [3.63, 3.8) is 0 Å². The van der Waals surface area contributed by atoms with Crippen LogP contribution in [-0.4, -0.2) is 70.3 Å². The standard InChI is InChI=1S/C15H19N5O4/c1-2-23-10-11-9-19(6-7-24-11)15(22)14(21)18-12-8-17-20-5-3-4-16-13(12)20/h3-5,8,11H,2,6-7,9-10H2,1H3,(H,18,21). The van der Waals surface area contributed by atoms with Crippen LogP contribution < -0.4 is 5.32 Å². The summed E-state index contributed by atoms with van der Waals surface area (Å²) < 4.78 is 12.4. The second-order valence-corrected chi connectivity index (χ2v) is 5.30. The van der Waals surface area contributed by atoms with Gasteiger partial charge in [0.25, 0.3) is 0 Å². The average Bonchev–Trinajstić information content (AvgIpc) is 3.02.